The molecule has 0 radical (unpaired) electrons. The minimum atomic E-state index is -0.406. The van der Waals surface area contributed by atoms with Crippen LogP contribution in [0.1, 0.15) is 23.8 Å². The van der Waals surface area contributed by atoms with Gasteiger partial charge < -0.3 is 15.4 Å². The van der Waals surface area contributed by atoms with E-state index in [9.17, 15) is 4.79 Å². The highest BCUT2D eigenvalue weighted by Crippen LogP contribution is 2.27. The first kappa shape index (κ1) is 13.1. The number of nitrogens with one attached hydrogen (secondary N) is 2. The molecule has 1 atom stereocenters. The summed E-state index contributed by atoms with van der Waals surface area (Å²) < 4.78 is 0.771. The highest BCUT2D eigenvalue weighted by Gasteiger charge is 2.15. The number of aliphatic hydroxyl groups is 1. The van der Waals surface area contributed by atoms with Gasteiger partial charge in [-0.25, -0.2) is 0 Å². The van der Waals surface area contributed by atoms with Crippen molar-refractivity contribution in [2.24, 2.45) is 0 Å². The normalized spacial score (nSPS) is 12.6. The monoisotopic (exact) mass is 310 g/mol. The number of aliphatic hydroxyl groups excluding tert-OH is 1. The van der Waals surface area contributed by atoms with Crippen LogP contribution < -0.4 is 5.32 Å². The smallest absolute Gasteiger partial charge is 0.268 e. The minimum Gasteiger partial charge on any atom is -0.393 e. The van der Waals surface area contributed by atoms with Crippen molar-refractivity contribution < 1.29 is 9.90 Å². The lowest BCUT2D eigenvalue weighted by atomic mass is 10.2. The molecule has 0 bridgehead atoms. The van der Waals surface area contributed by atoms with E-state index in [2.05, 4.69) is 26.2 Å². The largest absolute Gasteiger partial charge is 0.393 e. The maximum atomic E-state index is 12.0. The number of aromatic amines is 1. The van der Waals surface area contributed by atoms with Gasteiger partial charge in [0.2, 0.25) is 0 Å². The summed E-state index contributed by atoms with van der Waals surface area (Å²) in [5, 5.41) is 12.9. The number of halogens is 1. The molecule has 4 nitrogen and oxygen atoms in total. The number of aromatic nitrogens is 1. The van der Waals surface area contributed by atoms with Crippen LogP contribution in [0.25, 0.3) is 10.9 Å². The summed E-state index contributed by atoms with van der Waals surface area (Å²) in [5.74, 6) is -0.168. The molecule has 2 rings (SSSR count). The van der Waals surface area contributed by atoms with Crippen molar-refractivity contribution in [2.75, 3.05) is 6.54 Å². The van der Waals surface area contributed by atoms with Crippen LogP contribution in [0, 0.1) is 0 Å². The Balaban J connectivity index is 2.15. The Morgan fingerprint density at radius 3 is 2.89 bits per heavy atom. The fourth-order valence-electron chi connectivity index (χ4n) is 1.75. The van der Waals surface area contributed by atoms with Crippen LogP contribution in [0.15, 0.2) is 28.7 Å². The van der Waals surface area contributed by atoms with Crippen molar-refractivity contribution in [3.05, 3.63) is 34.4 Å². The van der Waals surface area contributed by atoms with E-state index in [1.54, 1.807) is 6.92 Å². The molecule has 1 heterocycles. The van der Waals surface area contributed by atoms with Crippen molar-refractivity contribution in [3.63, 3.8) is 0 Å². The molecule has 0 saturated carbocycles. The summed E-state index contributed by atoms with van der Waals surface area (Å²) >= 11 is 3.43. The van der Waals surface area contributed by atoms with E-state index in [-0.39, 0.29) is 5.91 Å². The van der Waals surface area contributed by atoms with Crippen LogP contribution in [-0.4, -0.2) is 28.6 Å². The second-order valence-electron chi connectivity index (χ2n) is 4.25. The van der Waals surface area contributed by atoms with Gasteiger partial charge in [-0.1, -0.05) is 18.2 Å². The first-order valence-electron chi connectivity index (χ1n) is 5.82. The second kappa shape index (κ2) is 5.54. The van der Waals surface area contributed by atoms with Gasteiger partial charge in [0, 0.05) is 17.4 Å². The zero-order valence-electron chi connectivity index (χ0n) is 10.0. The molecule has 0 aliphatic rings. The van der Waals surface area contributed by atoms with E-state index >= 15 is 0 Å². The molecule has 0 spiro atoms. The summed E-state index contributed by atoms with van der Waals surface area (Å²) in [6.07, 6.45) is 0.139. The second-order valence-corrected chi connectivity index (χ2v) is 5.05. The molecule has 1 aromatic heterocycles. The van der Waals surface area contributed by atoms with Crippen molar-refractivity contribution in [2.45, 2.75) is 19.4 Å². The Kier molecular flexibility index (Phi) is 4.04. The number of carbonyl (C=O) groups excluding carboxylic acids is 1. The topological polar surface area (TPSA) is 65.1 Å². The first-order valence-corrected chi connectivity index (χ1v) is 6.61. The number of carbonyl (C=O) groups is 1. The molecule has 3 N–H and O–H groups in total. The Hall–Kier alpha value is -1.33. The fourth-order valence-corrected chi connectivity index (χ4v) is 2.37. The molecule has 1 aromatic carbocycles. The molecule has 0 aliphatic carbocycles. The molecule has 0 saturated heterocycles. The highest BCUT2D eigenvalue weighted by atomic mass is 79.9. The van der Waals surface area contributed by atoms with Crippen LogP contribution in [0.4, 0.5) is 0 Å². The maximum Gasteiger partial charge on any atom is 0.268 e. The third kappa shape index (κ3) is 2.73. The van der Waals surface area contributed by atoms with Crippen molar-refractivity contribution in [1.82, 2.24) is 10.3 Å². The van der Waals surface area contributed by atoms with Crippen LogP contribution in [-0.2, 0) is 0 Å². The number of hydrogen-bond acceptors (Lipinski definition) is 2. The highest BCUT2D eigenvalue weighted by molar-refractivity contribution is 9.10. The lowest BCUT2D eigenvalue weighted by Gasteiger charge is -2.05. The van der Waals surface area contributed by atoms with Gasteiger partial charge >= 0.3 is 0 Å². The summed E-state index contributed by atoms with van der Waals surface area (Å²) in [6.45, 7) is 2.16. The van der Waals surface area contributed by atoms with Crippen LogP contribution in [0.5, 0.6) is 0 Å². The number of hydrogen-bond donors (Lipinski definition) is 3. The van der Waals surface area contributed by atoms with E-state index in [1.807, 2.05) is 24.3 Å². The predicted molar refractivity (Wildman–Crippen MR) is 74.6 cm³/mol. The number of benzene rings is 1. The van der Waals surface area contributed by atoms with Crippen LogP contribution in [0.2, 0.25) is 0 Å². The summed E-state index contributed by atoms with van der Waals surface area (Å²) in [6, 6.07) is 7.71. The van der Waals surface area contributed by atoms with Gasteiger partial charge in [0.25, 0.3) is 5.91 Å². The van der Waals surface area contributed by atoms with Gasteiger partial charge in [-0.05, 0) is 35.3 Å². The predicted octanol–water partition coefficient (Wildman–Crippen LogP) is 2.43. The summed E-state index contributed by atoms with van der Waals surface area (Å²) in [7, 11) is 0. The number of rotatable bonds is 4. The number of para-hydroxylation sites is 1. The van der Waals surface area contributed by atoms with E-state index in [1.165, 1.54) is 0 Å². The molecule has 5 heteroatoms. The Labute approximate surface area is 114 Å². The van der Waals surface area contributed by atoms with Crippen LogP contribution in [0.3, 0.4) is 0 Å². The molecular formula is C13H15BrN2O2. The number of fused-ring (bicyclic) bond motifs is 1. The number of amides is 1. The summed E-state index contributed by atoms with van der Waals surface area (Å²) in [4.78, 5) is 15.0. The average Bonchev–Trinajstić information content (AvgIpc) is 2.67. The SMILES string of the molecule is CC(O)CCNC(=O)c1[nH]c2ccccc2c1Br. The van der Waals surface area contributed by atoms with Crippen LogP contribution >= 0.6 is 15.9 Å². The zero-order chi connectivity index (χ0) is 13.1. The van der Waals surface area contributed by atoms with E-state index in [0.717, 1.165) is 15.4 Å². The van der Waals surface area contributed by atoms with Gasteiger partial charge in [-0.15, -0.1) is 0 Å². The fraction of sp³-hybridized carbons (Fsp3) is 0.308. The Morgan fingerprint density at radius 1 is 1.50 bits per heavy atom. The Bertz CT molecular complexity index is 563. The third-order valence-corrected chi connectivity index (χ3v) is 3.54. The van der Waals surface area contributed by atoms with Crippen molar-refractivity contribution in [3.8, 4) is 0 Å². The lowest BCUT2D eigenvalue weighted by molar-refractivity contribution is 0.0940. The molecule has 0 fully saturated rings. The molecule has 1 amide bonds. The molecule has 2 aromatic rings. The molecule has 1 unspecified atom stereocenters. The van der Waals surface area contributed by atoms with Gasteiger partial charge in [0.05, 0.1) is 10.6 Å². The zero-order valence-corrected chi connectivity index (χ0v) is 11.6. The van der Waals surface area contributed by atoms with Crippen molar-refractivity contribution in [1.29, 1.82) is 0 Å². The van der Waals surface area contributed by atoms with Gasteiger partial charge in [0.1, 0.15) is 5.69 Å². The first-order chi connectivity index (χ1) is 8.59. The standard InChI is InChI=1S/C13H15BrN2O2/c1-8(17)6-7-15-13(18)12-11(14)9-4-2-3-5-10(9)16-12/h2-5,8,16-17H,6-7H2,1H3,(H,15,18). The minimum absolute atomic E-state index is 0.168. The number of H-pyrrole nitrogens is 1. The average molecular weight is 311 g/mol. The van der Waals surface area contributed by atoms with Gasteiger partial charge in [-0.2, -0.15) is 0 Å². The lowest BCUT2D eigenvalue weighted by Crippen LogP contribution is -2.27. The maximum absolute atomic E-state index is 12.0. The van der Waals surface area contributed by atoms with Crippen molar-refractivity contribution >= 4 is 32.7 Å². The molecule has 18 heavy (non-hydrogen) atoms. The molecule has 0 aliphatic heterocycles. The van der Waals surface area contributed by atoms with Gasteiger partial charge in [0.15, 0.2) is 0 Å². The summed E-state index contributed by atoms with van der Waals surface area (Å²) in [5.41, 5.74) is 1.44. The van der Waals surface area contributed by atoms with E-state index in [4.69, 9.17) is 5.11 Å². The van der Waals surface area contributed by atoms with Gasteiger partial charge in [-0.3, -0.25) is 4.79 Å². The van der Waals surface area contributed by atoms with E-state index in [0.29, 0.717) is 18.7 Å². The Morgan fingerprint density at radius 2 is 2.22 bits per heavy atom. The quantitative estimate of drug-likeness (QED) is 0.812. The molecule has 96 valence electrons. The third-order valence-electron chi connectivity index (χ3n) is 2.72. The molecular weight excluding hydrogens is 296 g/mol. The van der Waals surface area contributed by atoms with E-state index < -0.39 is 6.10 Å².